The maximum atomic E-state index is 13.3. The van der Waals surface area contributed by atoms with Gasteiger partial charge in [0.05, 0.1) is 10.4 Å². The van der Waals surface area contributed by atoms with Gasteiger partial charge >= 0.3 is 0 Å². The summed E-state index contributed by atoms with van der Waals surface area (Å²) in [5.41, 5.74) is 0.701. The van der Waals surface area contributed by atoms with Crippen LogP contribution in [0.3, 0.4) is 0 Å². The van der Waals surface area contributed by atoms with Crippen molar-refractivity contribution in [1.82, 2.24) is 0 Å². The van der Waals surface area contributed by atoms with Crippen molar-refractivity contribution in [2.24, 2.45) is 0 Å². The van der Waals surface area contributed by atoms with E-state index in [9.17, 15) is 4.39 Å². The molecule has 1 aromatic carbocycles. The lowest BCUT2D eigenvalue weighted by atomic mass is 10.1. The van der Waals surface area contributed by atoms with E-state index in [1.807, 2.05) is 11.4 Å². The van der Waals surface area contributed by atoms with E-state index < -0.39 is 5.82 Å². The number of hydrogen-bond donors (Lipinski definition) is 0. The summed E-state index contributed by atoms with van der Waals surface area (Å²) in [4.78, 5) is 0.961. The van der Waals surface area contributed by atoms with Crippen LogP contribution in [-0.2, 0) is 0 Å². The lowest BCUT2D eigenvalue weighted by Gasteiger charge is -2.09. The van der Waals surface area contributed by atoms with E-state index in [0.717, 1.165) is 9.35 Å². The fourth-order valence-corrected chi connectivity index (χ4v) is 3.57. The average Bonchev–Trinajstić information content (AvgIpc) is 2.67. The van der Waals surface area contributed by atoms with E-state index in [1.165, 1.54) is 23.5 Å². The third-order valence-electron chi connectivity index (χ3n) is 2.11. The summed E-state index contributed by atoms with van der Waals surface area (Å²) in [5, 5.41) is 1.68. The third kappa shape index (κ3) is 2.43. The van der Waals surface area contributed by atoms with Gasteiger partial charge in [0.1, 0.15) is 5.82 Å². The molecule has 5 heteroatoms. The van der Waals surface area contributed by atoms with Gasteiger partial charge in [-0.1, -0.05) is 17.7 Å². The Morgan fingerprint density at radius 2 is 2.06 bits per heavy atom. The second kappa shape index (κ2) is 5.05. The van der Waals surface area contributed by atoms with Crippen LogP contribution in [0.4, 0.5) is 4.39 Å². The van der Waals surface area contributed by atoms with Crippen molar-refractivity contribution in [3.05, 3.63) is 55.4 Å². The zero-order valence-electron chi connectivity index (χ0n) is 7.88. The molecule has 1 atom stereocenters. The second-order valence-electron chi connectivity index (χ2n) is 3.17. The molecule has 0 bridgehead atoms. The van der Waals surface area contributed by atoms with Crippen LogP contribution in [0.1, 0.15) is 15.8 Å². The first-order chi connectivity index (χ1) is 7.59. The minimum Gasteiger partial charge on any atom is -0.205 e. The Morgan fingerprint density at radius 1 is 1.31 bits per heavy atom. The van der Waals surface area contributed by atoms with Gasteiger partial charge in [0.2, 0.25) is 0 Å². The number of benzene rings is 1. The zero-order chi connectivity index (χ0) is 11.7. The van der Waals surface area contributed by atoms with Gasteiger partial charge in [-0.15, -0.1) is 22.9 Å². The van der Waals surface area contributed by atoms with Gasteiger partial charge in [-0.2, -0.15) is 0 Å². The second-order valence-corrected chi connectivity index (χ2v) is 5.81. The molecule has 1 unspecified atom stereocenters. The quantitative estimate of drug-likeness (QED) is 0.622. The molecule has 1 aromatic heterocycles. The van der Waals surface area contributed by atoms with Crippen molar-refractivity contribution in [2.45, 2.75) is 5.38 Å². The highest BCUT2D eigenvalue weighted by Gasteiger charge is 2.16. The van der Waals surface area contributed by atoms with Crippen molar-refractivity contribution in [3.8, 4) is 0 Å². The minimum absolute atomic E-state index is 0.109. The largest absolute Gasteiger partial charge is 0.205 e. The van der Waals surface area contributed by atoms with Crippen LogP contribution in [0.5, 0.6) is 0 Å². The van der Waals surface area contributed by atoms with E-state index in [4.69, 9.17) is 23.2 Å². The van der Waals surface area contributed by atoms with Crippen LogP contribution < -0.4 is 0 Å². The Hall–Kier alpha value is -0.0900. The monoisotopic (exact) mass is 338 g/mol. The highest BCUT2D eigenvalue weighted by Crippen LogP contribution is 2.38. The molecule has 0 N–H and O–H groups in total. The van der Waals surface area contributed by atoms with Gasteiger partial charge in [0.25, 0.3) is 0 Å². The van der Waals surface area contributed by atoms with Crippen LogP contribution in [0.25, 0.3) is 0 Å². The molecule has 0 aliphatic carbocycles. The van der Waals surface area contributed by atoms with Gasteiger partial charge in [-0.3, -0.25) is 0 Å². The normalized spacial score (nSPS) is 12.8. The first kappa shape index (κ1) is 12.4. The van der Waals surface area contributed by atoms with E-state index in [1.54, 1.807) is 6.07 Å². The number of thiophene rings is 1. The first-order valence-corrected chi connectivity index (χ1v) is 6.90. The van der Waals surface area contributed by atoms with Crippen molar-refractivity contribution < 1.29 is 4.39 Å². The van der Waals surface area contributed by atoms with Gasteiger partial charge in [-0.25, -0.2) is 4.39 Å². The van der Waals surface area contributed by atoms with Crippen molar-refractivity contribution >= 4 is 50.5 Å². The van der Waals surface area contributed by atoms with E-state index in [0.29, 0.717) is 5.56 Å². The number of hydrogen-bond acceptors (Lipinski definition) is 1. The predicted octanol–water partition coefficient (Wildman–Crippen LogP) is 5.63. The molecule has 0 amide bonds. The molecule has 0 saturated carbocycles. The number of alkyl halides is 1. The highest BCUT2D eigenvalue weighted by atomic mass is 79.9. The maximum absolute atomic E-state index is 13.3. The van der Waals surface area contributed by atoms with E-state index in [2.05, 4.69) is 15.9 Å². The van der Waals surface area contributed by atoms with E-state index >= 15 is 0 Å². The van der Waals surface area contributed by atoms with Gasteiger partial charge in [0.15, 0.2) is 0 Å². The molecule has 0 spiro atoms. The third-order valence-corrected chi connectivity index (χ3v) is 4.95. The SMILES string of the molecule is Fc1cc(C(Cl)c2sccc2Br)ccc1Cl. The lowest BCUT2D eigenvalue weighted by Crippen LogP contribution is -1.92. The molecule has 2 aromatic rings. The van der Waals surface area contributed by atoms with Crippen LogP contribution in [0, 0.1) is 5.82 Å². The molecule has 0 aliphatic rings. The Balaban J connectivity index is 2.38. The number of rotatable bonds is 2. The molecule has 0 aliphatic heterocycles. The standard InChI is InChI=1S/C11H6BrCl2FS/c12-7-3-4-16-11(7)10(14)6-1-2-8(13)9(15)5-6/h1-5,10H. The molecule has 0 radical (unpaired) electrons. The fourth-order valence-electron chi connectivity index (χ4n) is 1.31. The molecule has 16 heavy (non-hydrogen) atoms. The Morgan fingerprint density at radius 3 is 2.62 bits per heavy atom. The molecule has 2 rings (SSSR count). The topological polar surface area (TPSA) is 0 Å². The van der Waals surface area contributed by atoms with Gasteiger partial charge in [-0.05, 0) is 45.1 Å². The van der Waals surface area contributed by atoms with Crippen molar-refractivity contribution in [1.29, 1.82) is 0 Å². The Kier molecular flexibility index (Phi) is 3.90. The van der Waals surface area contributed by atoms with Crippen molar-refractivity contribution in [2.75, 3.05) is 0 Å². The van der Waals surface area contributed by atoms with Crippen molar-refractivity contribution in [3.63, 3.8) is 0 Å². The number of halogens is 4. The van der Waals surface area contributed by atoms with Crippen LogP contribution in [0.2, 0.25) is 5.02 Å². The van der Waals surface area contributed by atoms with E-state index in [-0.39, 0.29) is 10.4 Å². The first-order valence-electron chi connectivity index (χ1n) is 4.41. The summed E-state index contributed by atoms with van der Waals surface area (Å²) in [6.07, 6.45) is 0. The molecule has 1 heterocycles. The van der Waals surface area contributed by atoms with Crippen LogP contribution in [0.15, 0.2) is 34.1 Å². The molecule has 0 nitrogen and oxygen atoms in total. The zero-order valence-corrected chi connectivity index (χ0v) is 11.8. The molecule has 84 valence electrons. The summed E-state index contributed by atoms with van der Waals surface area (Å²) in [5.74, 6) is -0.447. The lowest BCUT2D eigenvalue weighted by molar-refractivity contribution is 0.626. The molecular weight excluding hydrogens is 334 g/mol. The van der Waals surface area contributed by atoms with Gasteiger partial charge in [0, 0.05) is 9.35 Å². The predicted molar refractivity (Wildman–Crippen MR) is 71.1 cm³/mol. The maximum Gasteiger partial charge on any atom is 0.142 e. The molecule has 0 fully saturated rings. The smallest absolute Gasteiger partial charge is 0.142 e. The van der Waals surface area contributed by atoms with Crippen LogP contribution >= 0.6 is 50.5 Å². The Labute approximate surface area is 115 Å². The summed E-state index contributed by atoms with van der Waals surface area (Å²) >= 11 is 16.8. The summed E-state index contributed by atoms with van der Waals surface area (Å²) in [7, 11) is 0. The van der Waals surface area contributed by atoms with Crippen LogP contribution in [-0.4, -0.2) is 0 Å². The average molecular weight is 340 g/mol. The minimum atomic E-state index is -0.447. The summed E-state index contributed by atoms with van der Waals surface area (Å²) < 4.78 is 14.2. The van der Waals surface area contributed by atoms with Gasteiger partial charge < -0.3 is 0 Å². The summed E-state index contributed by atoms with van der Waals surface area (Å²) in [6, 6.07) is 6.53. The summed E-state index contributed by atoms with van der Waals surface area (Å²) in [6.45, 7) is 0. The fraction of sp³-hybridized carbons (Fsp3) is 0.0909. The molecular formula is C11H6BrCl2FS. The molecule has 0 saturated heterocycles. The highest BCUT2D eigenvalue weighted by molar-refractivity contribution is 9.10. The Bertz CT molecular complexity index is 512.